The van der Waals surface area contributed by atoms with E-state index < -0.39 is 82.3 Å². The number of amides is 5. The molecule has 3 aromatic carbocycles. The molecule has 0 saturated carbocycles. The Morgan fingerprint density at radius 2 is 1.59 bits per heavy atom. The van der Waals surface area contributed by atoms with Crippen molar-refractivity contribution in [1.82, 2.24) is 40.9 Å². The van der Waals surface area contributed by atoms with Gasteiger partial charge in [-0.15, -0.1) is 11.3 Å². The molecular formula is C56H62F4N10O8S. The number of aryl methyl sites for hydroxylation is 2. The zero-order chi connectivity index (χ0) is 57.0. The second kappa shape index (κ2) is 24.1. The fourth-order valence-electron chi connectivity index (χ4n) is 10.1. The first-order valence-electron chi connectivity index (χ1n) is 25.8. The van der Waals surface area contributed by atoms with Gasteiger partial charge in [-0.3, -0.25) is 33.7 Å². The van der Waals surface area contributed by atoms with Crippen LogP contribution in [0.5, 0.6) is 0 Å². The number of aromatic nitrogens is 3. The number of carbonyl (C=O) groups excluding carboxylic acids is 5. The lowest BCUT2D eigenvalue weighted by Gasteiger charge is -2.44. The van der Waals surface area contributed by atoms with Gasteiger partial charge in [0.2, 0.25) is 23.3 Å². The molecule has 0 aliphatic carbocycles. The number of carbonyl (C=O) groups is 5. The summed E-state index contributed by atoms with van der Waals surface area (Å²) in [5.41, 5.74) is 1.98. The normalized spacial score (nSPS) is 18.5. The number of likely N-dealkylation sites (tertiary alicyclic amines) is 1. The average Bonchev–Trinajstić information content (AvgIpc) is 4.19. The number of likely N-dealkylation sites (N-methyl/N-ethyl adjacent to an activating group) is 1. The number of hydrogen-bond donors (Lipinski definition) is 6. The summed E-state index contributed by atoms with van der Waals surface area (Å²) in [5, 5.41) is 25.8. The minimum absolute atomic E-state index is 0.0297. The summed E-state index contributed by atoms with van der Waals surface area (Å²) in [6.45, 7) is 12.1. The van der Waals surface area contributed by atoms with Crippen molar-refractivity contribution in [3.63, 3.8) is 0 Å². The van der Waals surface area contributed by atoms with Crippen molar-refractivity contribution >= 4 is 52.2 Å². The molecule has 2 saturated heterocycles. The molecule has 5 heterocycles. The first-order chi connectivity index (χ1) is 37.5. The molecule has 6 N–H and O–H groups in total. The van der Waals surface area contributed by atoms with Crippen LogP contribution >= 0.6 is 11.3 Å². The lowest BCUT2D eigenvalue weighted by Crippen LogP contribution is -2.55. The molecule has 5 amide bonds. The van der Waals surface area contributed by atoms with Crippen molar-refractivity contribution in [3.8, 4) is 21.6 Å². The average molecular weight is 1110 g/mol. The highest BCUT2D eigenvalue weighted by Gasteiger charge is 2.44. The van der Waals surface area contributed by atoms with Gasteiger partial charge in [0.15, 0.2) is 0 Å². The van der Waals surface area contributed by atoms with Crippen LogP contribution in [0.1, 0.15) is 101 Å². The van der Waals surface area contributed by atoms with Gasteiger partial charge in [0.1, 0.15) is 23.5 Å². The molecule has 6 aromatic rings. The Kier molecular flexibility index (Phi) is 17.5. The maximum atomic E-state index is 15.8. The van der Waals surface area contributed by atoms with Crippen LogP contribution in [0.25, 0.3) is 21.6 Å². The summed E-state index contributed by atoms with van der Waals surface area (Å²) in [4.78, 5) is 94.2. The van der Waals surface area contributed by atoms with Crippen molar-refractivity contribution < 1.29 is 51.2 Å². The van der Waals surface area contributed by atoms with Crippen LogP contribution in [0.2, 0.25) is 0 Å². The number of β-amino-alcohol motifs (C(OH)–C–C–N with tert-alkyl or cyclic N) is 1. The monoisotopic (exact) mass is 1110 g/mol. The number of nitrogens with one attached hydrogen (secondary N) is 5. The Hall–Kier alpha value is -7.76. The predicted molar refractivity (Wildman–Crippen MR) is 289 cm³/mol. The van der Waals surface area contributed by atoms with Gasteiger partial charge >= 0.3 is 6.18 Å². The van der Waals surface area contributed by atoms with E-state index in [-0.39, 0.29) is 72.9 Å². The molecule has 23 heteroatoms. The smallest absolute Gasteiger partial charge is 0.391 e. The van der Waals surface area contributed by atoms with Crippen molar-refractivity contribution in [1.29, 1.82) is 0 Å². The van der Waals surface area contributed by atoms with Gasteiger partial charge in [0.05, 0.1) is 62.8 Å². The molecular weight excluding hydrogens is 1050 g/mol. The number of aromatic amines is 1. The van der Waals surface area contributed by atoms with Crippen molar-refractivity contribution in [2.24, 2.45) is 5.92 Å². The zero-order valence-corrected chi connectivity index (χ0v) is 45.4. The van der Waals surface area contributed by atoms with Gasteiger partial charge in [-0.05, 0) is 87.7 Å². The van der Waals surface area contributed by atoms with Crippen LogP contribution in [-0.2, 0) is 20.6 Å². The first kappa shape index (κ1) is 57.4. The number of thiazole rings is 1. The van der Waals surface area contributed by atoms with Crippen LogP contribution in [-0.4, -0.2) is 124 Å². The maximum Gasteiger partial charge on any atom is 0.417 e. The molecule has 2 fully saturated rings. The Bertz CT molecular complexity index is 3280. The SMILES string of the molecule is Cc1cc([C@H](C(=O)N2C[C@H](O)C[C@H]2C(=O)N[C@@H](CC(=O)NCCNC(=O)c2ccc(F)c(-c3ccc(N4C[C@@H](C)N(C)[C@@H](C)C4)c(NC(=O)c4c[nH]c(=O)cc4C(F)(F)F)c3)c2)c2ccc(-c3scnc3C)cc2)C(C)C)on1. The largest absolute Gasteiger partial charge is 0.417 e. The molecule has 2 aliphatic rings. The van der Waals surface area contributed by atoms with Crippen LogP contribution in [0.15, 0.2) is 93.8 Å². The lowest BCUT2D eigenvalue weighted by molar-refractivity contribution is -0.141. The molecule has 2 aliphatic heterocycles. The van der Waals surface area contributed by atoms with Crippen molar-refractivity contribution in [3.05, 3.63) is 140 Å². The Morgan fingerprint density at radius 3 is 2.24 bits per heavy atom. The highest BCUT2D eigenvalue weighted by molar-refractivity contribution is 7.13. The van der Waals surface area contributed by atoms with E-state index in [4.69, 9.17) is 4.52 Å². The number of benzene rings is 3. The highest BCUT2D eigenvalue weighted by atomic mass is 32.1. The van der Waals surface area contributed by atoms with Gasteiger partial charge < -0.3 is 45.7 Å². The van der Waals surface area contributed by atoms with E-state index >= 15 is 4.39 Å². The number of rotatable bonds is 17. The number of aliphatic hydroxyl groups excluding tert-OH is 1. The number of nitrogens with zero attached hydrogens (tertiary/aromatic N) is 5. The van der Waals surface area contributed by atoms with Gasteiger partial charge in [-0.25, -0.2) is 9.37 Å². The number of alkyl halides is 3. The Labute approximate surface area is 457 Å². The van der Waals surface area contributed by atoms with Gasteiger partial charge in [-0.1, -0.05) is 49.3 Å². The minimum atomic E-state index is -5.03. The van der Waals surface area contributed by atoms with Crippen LogP contribution in [0.3, 0.4) is 0 Å². The van der Waals surface area contributed by atoms with E-state index in [0.29, 0.717) is 48.1 Å². The number of H-pyrrole nitrogens is 1. The summed E-state index contributed by atoms with van der Waals surface area (Å²) < 4.78 is 63.5. The van der Waals surface area contributed by atoms with Crippen molar-refractivity contribution in [2.45, 2.75) is 96.7 Å². The van der Waals surface area contributed by atoms with Gasteiger partial charge in [0, 0.05) is 80.7 Å². The summed E-state index contributed by atoms with van der Waals surface area (Å²) in [5.74, 6) is -4.68. The quantitative estimate of drug-likeness (QED) is 0.0393. The molecule has 0 spiro atoms. The molecule has 8 rings (SSSR count). The highest BCUT2D eigenvalue weighted by Crippen LogP contribution is 2.38. The number of pyridine rings is 1. The Morgan fingerprint density at radius 1 is 0.899 bits per heavy atom. The second-order valence-corrected chi connectivity index (χ2v) is 21.4. The van der Waals surface area contributed by atoms with E-state index in [1.54, 1.807) is 42.8 Å². The maximum absolute atomic E-state index is 15.8. The molecule has 79 heavy (non-hydrogen) atoms. The summed E-state index contributed by atoms with van der Waals surface area (Å²) in [6.07, 6.45) is -5.62. The second-order valence-electron chi connectivity index (χ2n) is 20.5. The standard InChI is InChI=1S/C56H62F4N10O8S/c1-29(2)50(47-18-30(3)67-78-47)55(77)70-27-38(71)21-46(70)54(76)65-43(34-8-10-35(11-9-34)51-33(6)64-28-79-51)23-49(73)61-16-17-62-52(74)37-12-14-42(57)39(19-37)36-13-15-45(69-25-31(4)68(7)32(5)26-69)44(20-36)66-53(75)40-24-63-48(72)22-41(40)56(58,59)60/h8-15,18-20,22,24,28-29,31-32,38,43,46,50,71H,16-17,21,23,25-27H2,1-7H3,(H,61,73)(H,62,74)(H,63,72)(H,65,76)(H,66,75)/t31-,32+,38-,43+,46+,50-/m1/s1. The van der Waals surface area contributed by atoms with E-state index in [2.05, 4.69) is 41.3 Å². The summed E-state index contributed by atoms with van der Waals surface area (Å²) in [7, 11) is 1.97. The number of halogens is 4. The molecule has 0 unspecified atom stereocenters. The lowest BCUT2D eigenvalue weighted by atomic mass is 9.91. The molecule has 18 nitrogen and oxygen atoms in total. The third-order valence-electron chi connectivity index (χ3n) is 14.5. The number of anilines is 2. The molecule has 0 bridgehead atoms. The minimum Gasteiger partial charge on any atom is -0.391 e. The van der Waals surface area contributed by atoms with E-state index in [1.165, 1.54) is 34.4 Å². The van der Waals surface area contributed by atoms with Gasteiger partial charge in [-0.2, -0.15) is 13.2 Å². The Balaban J connectivity index is 0.962. The van der Waals surface area contributed by atoms with E-state index in [9.17, 15) is 47.0 Å². The van der Waals surface area contributed by atoms with Crippen LogP contribution in [0, 0.1) is 25.6 Å². The van der Waals surface area contributed by atoms with E-state index in [1.807, 2.05) is 58.7 Å². The third kappa shape index (κ3) is 13.2. The third-order valence-corrected chi connectivity index (χ3v) is 15.4. The number of aliphatic hydroxyl groups is 1. The predicted octanol–water partition coefficient (Wildman–Crippen LogP) is 7.20. The molecule has 418 valence electrons. The summed E-state index contributed by atoms with van der Waals surface area (Å²) in [6, 6.07) is 15.6. The fourth-order valence-corrected chi connectivity index (χ4v) is 10.9. The van der Waals surface area contributed by atoms with Crippen molar-refractivity contribution in [2.75, 3.05) is 50.0 Å². The fraction of sp³-hybridized carbons (Fsp3) is 0.393. The topological polar surface area (TPSA) is 235 Å². The van der Waals surface area contributed by atoms with Crippen LogP contribution in [0.4, 0.5) is 28.9 Å². The van der Waals surface area contributed by atoms with Crippen LogP contribution < -0.4 is 31.7 Å². The van der Waals surface area contributed by atoms with E-state index in [0.717, 1.165) is 22.2 Å². The molecule has 6 atom stereocenters. The molecule has 3 aromatic heterocycles. The van der Waals surface area contributed by atoms with Gasteiger partial charge in [0.25, 0.3) is 11.8 Å². The molecule has 0 radical (unpaired) electrons. The number of piperazine rings is 1. The first-order valence-corrected chi connectivity index (χ1v) is 26.6. The summed E-state index contributed by atoms with van der Waals surface area (Å²) >= 11 is 1.47. The zero-order valence-electron chi connectivity index (χ0n) is 44.5. The number of hydrogen-bond acceptors (Lipinski definition) is 13.